The van der Waals surface area contributed by atoms with Gasteiger partial charge in [-0.25, -0.2) is 0 Å². The van der Waals surface area contributed by atoms with Gasteiger partial charge < -0.3 is 4.18 Å². The molecule has 0 fully saturated rings. The normalized spacial score (nSPS) is 11.2. The van der Waals surface area contributed by atoms with Gasteiger partial charge in [0.2, 0.25) is 0 Å². The molecular formula is C12H8BrClO3S. The van der Waals surface area contributed by atoms with Gasteiger partial charge in [0.15, 0.2) is 0 Å². The highest BCUT2D eigenvalue weighted by atomic mass is 79.9. The van der Waals surface area contributed by atoms with Crippen LogP contribution in [0.1, 0.15) is 0 Å². The van der Waals surface area contributed by atoms with Crippen LogP contribution in [-0.4, -0.2) is 8.42 Å². The summed E-state index contributed by atoms with van der Waals surface area (Å²) in [5.74, 6) is 0.218. The molecule has 18 heavy (non-hydrogen) atoms. The second-order valence-corrected chi connectivity index (χ2v) is 6.23. The van der Waals surface area contributed by atoms with Crippen molar-refractivity contribution in [3.8, 4) is 5.75 Å². The number of halogens is 2. The molecule has 2 aromatic rings. The molecule has 0 N–H and O–H groups in total. The van der Waals surface area contributed by atoms with Crippen molar-refractivity contribution in [2.75, 3.05) is 0 Å². The van der Waals surface area contributed by atoms with Gasteiger partial charge in [-0.3, -0.25) is 0 Å². The third-order valence-electron chi connectivity index (χ3n) is 2.13. The Hall–Kier alpha value is -1.04. The van der Waals surface area contributed by atoms with Crippen LogP contribution in [0, 0.1) is 0 Å². The number of hydrogen-bond acceptors (Lipinski definition) is 3. The van der Waals surface area contributed by atoms with Crippen LogP contribution in [0.25, 0.3) is 0 Å². The molecule has 2 rings (SSSR count). The fourth-order valence-corrected chi connectivity index (χ4v) is 3.32. The monoisotopic (exact) mass is 346 g/mol. The van der Waals surface area contributed by atoms with Crippen molar-refractivity contribution in [2.24, 2.45) is 0 Å². The zero-order chi connectivity index (χ0) is 13.2. The molecule has 0 atom stereocenters. The summed E-state index contributed by atoms with van der Waals surface area (Å²) in [5, 5.41) is 0.514. The predicted molar refractivity (Wildman–Crippen MR) is 73.4 cm³/mol. The second-order valence-electron chi connectivity index (χ2n) is 3.42. The van der Waals surface area contributed by atoms with E-state index in [1.165, 1.54) is 18.2 Å². The molecule has 0 aliphatic carbocycles. The lowest BCUT2D eigenvalue weighted by molar-refractivity contribution is 0.485. The first kappa shape index (κ1) is 13.4. The van der Waals surface area contributed by atoms with Crippen LogP contribution in [0.2, 0.25) is 5.02 Å². The summed E-state index contributed by atoms with van der Waals surface area (Å²) in [6.07, 6.45) is 0. The quantitative estimate of drug-likeness (QED) is 0.792. The summed E-state index contributed by atoms with van der Waals surface area (Å²) in [7, 11) is -3.85. The molecule has 0 aliphatic heterocycles. The summed E-state index contributed by atoms with van der Waals surface area (Å²) >= 11 is 8.89. The molecular weight excluding hydrogens is 340 g/mol. The zero-order valence-corrected chi connectivity index (χ0v) is 12.2. The third-order valence-corrected chi connectivity index (χ3v) is 4.64. The topological polar surface area (TPSA) is 43.4 Å². The molecule has 0 radical (unpaired) electrons. The van der Waals surface area contributed by atoms with E-state index in [4.69, 9.17) is 15.8 Å². The van der Waals surface area contributed by atoms with Crippen LogP contribution in [0.15, 0.2) is 57.9 Å². The first-order valence-corrected chi connectivity index (χ1v) is 7.51. The van der Waals surface area contributed by atoms with Crippen molar-refractivity contribution in [1.29, 1.82) is 0 Å². The van der Waals surface area contributed by atoms with E-state index < -0.39 is 10.1 Å². The summed E-state index contributed by atoms with van der Waals surface area (Å²) < 4.78 is 29.5. The first-order valence-electron chi connectivity index (χ1n) is 4.93. The van der Waals surface area contributed by atoms with E-state index in [-0.39, 0.29) is 10.6 Å². The summed E-state index contributed by atoms with van der Waals surface area (Å²) in [6, 6.07) is 12.6. The maximum absolute atomic E-state index is 12.0. The van der Waals surface area contributed by atoms with Crippen molar-refractivity contribution in [1.82, 2.24) is 0 Å². The maximum Gasteiger partial charge on any atom is 0.340 e. The molecule has 0 aliphatic rings. The van der Waals surface area contributed by atoms with Crippen LogP contribution in [0.5, 0.6) is 5.75 Å². The van der Waals surface area contributed by atoms with Gasteiger partial charge in [0, 0.05) is 9.50 Å². The minimum absolute atomic E-state index is 0.0833. The highest BCUT2D eigenvalue weighted by Crippen LogP contribution is 2.25. The second kappa shape index (κ2) is 5.30. The van der Waals surface area contributed by atoms with Gasteiger partial charge in [-0.2, -0.15) is 8.42 Å². The molecule has 0 spiro atoms. The van der Waals surface area contributed by atoms with E-state index in [0.717, 1.165) is 0 Å². The van der Waals surface area contributed by atoms with E-state index in [1.807, 2.05) is 0 Å². The largest absolute Gasteiger partial charge is 0.379 e. The first-order chi connectivity index (χ1) is 8.49. The van der Waals surface area contributed by atoms with Crippen molar-refractivity contribution in [2.45, 2.75) is 4.90 Å². The van der Waals surface area contributed by atoms with Crippen LogP contribution in [-0.2, 0) is 10.1 Å². The fourth-order valence-electron chi connectivity index (χ4n) is 1.31. The molecule has 6 heteroatoms. The lowest BCUT2D eigenvalue weighted by Crippen LogP contribution is -2.10. The molecule has 3 nitrogen and oxygen atoms in total. The SMILES string of the molecule is O=S(=O)(Oc1ccc(Cl)cc1)c1ccccc1Br. The summed E-state index contributed by atoms with van der Waals surface area (Å²) in [6.45, 7) is 0. The van der Waals surface area contributed by atoms with E-state index >= 15 is 0 Å². The Kier molecular flexibility index (Phi) is 3.94. The highest BCUT2D eigenvalue weighted by Gasteiger charge is 2.19. The minimum atomic E-state index is -3.85. The Morgan fingerprint density at radius 1 is 1.00 bits per heavy atom. The molecule has 0 unspecified atom stereocenters. The summed E-state index contributed by atoms with van der Waals surface area (Å²) in [4.78, 5) is 0.0833. The molecule has 0 saturated carbocycles. The molecule has 0 bridgehead atoms. The highest BCUT2D eigenvalue weighted by molar-refractivity contribution is 9.10. The Labute approximate surface area is 119 Å². The van der Waals surface area contributed by atoms with Gasteiger partial charge in [0.05, 0.1) is 0 Å². The fraction of sp³-hybridized carbons (Fsp3) is 0. The molecule has 94 valence electrons. The van der Waals surface area contributed by atoms with E-state index in [0.29, 0.717) is 9.50 Å². The predicted octanol–water partition coefficient (Wildman–Crippen LogP) is 3.87. The lowest BCUT2D eigenvalue weighted by atomic mass is 10.3. The molecule has 0 aromatic heterocycles. The van der Waals surface area contributed by atoms with Gasteiger partial charge in [-0.05, 0) is 52.3 Å². The van der Waals surface area contributed by atoms with Gasteiger partial charge in [0.25, 0.3) is 0 Å². The van der Waals surface area contributed by atoms with Crippen LogP contribution in [0.4, 0.5) is 0 Å². The number of rotatable bonds is 3. The van der Waals surface area contributed by atoms with Crippen LogP contribution < -0.4 is 4.18 Å². The number of benzene rings is 2. The average molecular weight is 348 g/mol. The Bertz CT molecular complexity index is 653. The van der Waals surface area contributed by atoms with Crippen molar-refractivity contribution in [3.63, 3.8) is 0 Å². The number of hydrogen-bond donors (Lipinski definition) is 0. The lowest BCUT2D eigenvalue weighted by Gasteiger charge is -2.08. The third kappa shape index (κ3) is 3.04. The van der Waals surface area contributed by atoms with Gasteiger partial charge in [-0.15, -0.1) is 0 Å². The molecule has 0 saturated heterocycles. The Morgan fingerprint density at radius 2 is 1.61 bits per heavy atom. The van der Waals surface area contributed by atoms with Crippen LogP contribution in [0.3, 0.4) is 0 Å². The van der Waals surface area contributed by atoms with Crippen molar-refractivity contribution in [3.05, 3.63) is 58.0 Å². The smallest absolute Gasteiger partial charge is 0.340 e. The maximum atomic E-state index is 12.0. The van der Waals surface area contributed by atoms with Crippen molar-refractivity contribution >= 4 is 37.6 Å². The van der Waals surface area contributed by atoms with E-state index in [9.17, 15) is 8.42 Å². The molecule has 0 amide bonds. The summed E-state index contributed by atoms with van der Waals surface area (Å²) in [5.41, 5.74) is 0. The van der Waals surface area contributed by atoms with Gasteiger partial charge >= 0.3 is 10.1 Å². The van der Waals surface area contributed by atoms with Gasteiger partial charge in [0.1, 0.15) is 10.6 Å². The van der Waals surface area contributed by atoms with E-state index in [2.05, 4.69) is 15.9 Å². The zero-order valence-electron chi connectivity index (χ0n) is 9.01. The molecule has 0 heterocycles. The van der Waals surface area contributed by atoms with Crippen LogP contribution >= 0.6 is 27.5 Å². The van der Waals surface area contributed by atoms with E-state index in [1.54, 1.807) is 30.3 Å². The molecule has 2 aromatic carbocycles. The Balaban J connectivity index is 2.33. The minimum Gasteiger partial charge on any atom is -0.379 e. The van der Waals surface area contributed by atoms with Crippen molar-refractivity contribution < 1.29 is 12.6 Å². The average Bonchev–Trinajstić information content (AvgIpc) is 2.32. The van der Waals surface area contributed by atoms with Gasteiger partial charge in [-0.1, -0.05) is 23.7 Å². The Morgan fingerprint density at radius 3 is 2.22 bits per heavy atom. The standard InChI is InChI=1S/C12H8BrClO3S/c13-11-3-1-2-4-12(11)18(15,16)17-10-7-5-9(14)6-8-10/h1-8H.